The summed E-state index contributed by atoms with van der Waals surface area (Å²) in [5.41, 5.74) is 3.47. The van der Waals surface area contributed by atoms with Gasteiger partial charge in [-0.3, -0.25) is 10.1 Å². The van der Waals surface area contributed by atoms with E-state index in [4.69, 9.17) is 9.47 Å². The minimum atomic E-state index is -1.03. The van der Waals surface area contributed by atoms with Gasteiger partial charge in [-0.05, 0) is 29.3 Å². The number of thiol groups is 1. The molecular formula is C15H11NO4S. The molecular weight excluding hydrogens is 290 g/mol. The van der Waals surface area contributed by atoms with E-state index < -0.39 is 10.7 Å². The van der Waals surface area contributed by atoms with Gasteiger partial charge in [-0.1, -0.05) is 6.07 Å². The Morgan fingerprint density at radius 1 is 1.05 bits per heavy atom. The number of nitrogens with zero attached hydrogens (tertiary/aromatic N) is 1. The molecule has 1 saturated heterocycles. The molecule has 5 nitrogen and oxygen atoms in total. The van der Waals surface area contributed by atoms with Crippen LogP contribution in [0.2, 0.25) is 0 Å². The first-order valence-electron chi connectivity index (χ1n) is 6.52. The van der Waals surface area contributed by atoms with Crippen molar-refractivity contribution in [3.63, 3.8) is 0 Å². The molecule has 2 aromatic carbocycles. The molecule has 106 valence electrons. The summed E-state index contributed by atoms with van der Waals surface area (Å²) in [6.45, 7) is 0.913. The number of nitro benzene ring substituents is 1. The number of hydrogen-bond donors (Lipinski definition) is 1. The van der Waals surface area contributed by atoms with E-state index >= 15 is 0 Å². The Bertz CT molecular complexity index is 768. The molecule has 1 aliphatic heterocycles. The maximum atomic E-state index is 11.0. The van der Waals surface area contributed by atoms with E-state index in [-0.39, 0.29) is 5.69 Å². The van der Waals surface area contributed by atoms with Gasteiger partial charge in [0.15, 0.2) is 0 Å². The van der Waals surface area contributed by atoms with Crippen LogP contribution in [-0.4, -0.2) is 18.1 Å². The molecule has 4 rings (SSSR count). The smallest absolute Gasteiger partial charge is 0.269 e. The van der Waals surface area contributed by atoms with Gasteiger partial charge in [0.05, 0.1) is 18.1 Å². The number of rotatable bonds is 1. The Morgan fingerprint density at radius 3 is 2.33 bits per heavy atom. The SMILES string of the molecule is O=[N+]([O-])c1ccc2c(c1)C1(OCCO1)c1cc(S)ccc1-2. The highest BCUT2D eigenvalue weighted by Crippen LogP contribution is 2.53. The maximum absolute atomic E-state index is 11.0. The number of hydrogen-bond acceptors (Lipinski definition) is 5. The molecule has 0 atom stereocenters. The Morgan fingerprint density at radius 2 is 1.67 bits per heavy atom. The zero-order valence-corrected chi connectivity index (χ0v) is 11.8. The lowest BCUT2D eigenvalue weighted by Crippen LogP contribution is -2.25. The third-order valence-corrected chi connectivity index (χ3v) is 4.19. The Balaban J connectivity index is 2.03. The standard InChI is InChI=1S/C15H11NO4S/c17-16(18)9-1-3-11-12-4-2-10(21)8-14(12)15(13(11)7-9)19-5-6-20-15/h1-4,7-8,21H,5-6H2. The van der Waals surface area contributed by atoms with Crippen molar-refractivity contribution in [2.45, 2.75) is 10.7 Å². The van der Waals surface area contributed by atoms with Crippen molar-refractivity contribution in [3.05, 3.63) is 57.6 Å². The average Bonchev–Trinajstić information content (AvgIpc) is 3.05. The second-order valence-electron chi connectivity index (χ2n) is 5.03. The highest BCUT2D eigenvalue weighted by molar-refractivity contribution is 7.80. The second kappa shape index (κ2) is 4.30. The van der Waals surface area contributed by atoms with Crippen LogP contribution in [0.4, 0.5) is 5.69 Å². The summed E-state index contributed by atoms with van der Waals surface area (Å²) in [7, 11) is 0. The molecule has 6 heteroatoms. The van der Waals surface area contributed by atoms with Crippen molar-refractivity contribution in [1.82, 2.24) is 0 Å². The Hall–Kier alpha value is -1.89. The first-order valence-corrected chi connectivity index (χ1v) is 6.97. The molecule has 0 bridgehead atoms. The molecule has 1 heterocycles. The topological polar surface area (TPSA) is 61.6 Å². The first-order chi connectivity index (χ1) is 10.1. The van der Waals surface area contributed by atoms with Crippen LogP contribution in [0.15, 0.2) is 41.3 Å². The van der Waals surface area contributed by atoms with E-state index in [0.29, 0.717) is 18.8 Å². The third-order valence-electron chi connectivity index (χ3n) is 3.91. The molecule has 0 radical (unpaired) electrons. The summed E-state index contributed by atoms with van der Waals surface area (Å²) in [4.78, 5) is 11.4. The molecule has 0 N–H and O–H groups in total. The molecule has 2 aliphatic rings. The van der Waals surface area contributed by atoms with Crippen LogP contribution in [0.1, 0.15) is 11.1 Å². The Labute approximate surface area is 126 Å². The van der Waals surface area contributed by atoms with E-state index in [1.807, 2.05) is 18.2 Å². The van der Waals surface area contributed by atoms with Crippen molar-refractivity contribution < 1.29 is 14.4 Å². The quantitative estimate of drug-likeness (QED) is 0.499. The normalized spacial score (nSPS) is 17.8. The highest BCUT2D eigenvalue weighted by Gasteiger charge is 2.49. The molecule has 0 saturated carbocycles. The predicted molar refractivity (Wildman–Crippen MR) is 78.5 cm³/mol. The number of fused-ring (bicyclic) bond motifs is 5. The molecule has 21 heavy (non-hydrogen) atoms. The number of benzene rings is 2. The van der Waals surface area contributed by atoms with E-state index in [1.54, 1.807) is 12.1 Å². The lowest BCUT2D eigenvalue weighted by Gasteiger charge is -2.24. The van der Waals surface area contributed by atoms with Gasteiger partial charge in [-0.2, -0.15) is 0 Å². The van der Waals surface area contributed by atoms with E-state index in [9.17, 15) is 10.1 Å². The number of ether oxygens (including phenoxy) is 2. The lowest BCUT2D eigenvalue weighted by molar-refractivity contribution is -0.385. The van der Waals surface area contributed by atoms with Gasteiger partial charge >= 0.3 is 0 Å². The van der Waals surface area contributed by atoms with Crippen LogP contribution in [0, 0.1) is 10.1 Å². The van der Waals surface area contributed by atoms with Gasteiger partial charge in [0.25, 0.3) is 5.69 Å². The molecule has 1 spiro atoms. The molecule has 0 amide bonds. The Kier molecular flexibility index (Phi) is 2.63. The number of non-ortho nitro benzene ring substituents is 1. The van der Waals surface area contributed by atoms with Crippen LogP contribution in [0.25, 0.3) is 11.1 Å². The molecule has 2 aromatic rings. The van der Waals surface area contributed by atoms with Crippen molar-refractivity contribution in [3.8, 4) is 11.1 Å². The fraction of sp³-hybridized carbons (Fsp3) is 0.200. The molecule has 0 aromatic heterocycles. The summed E-state index contributed by atoms with van der Waals surface area (Å²) in [6, 6.07) is 10.5. The van der Waals surface area contributed by atoms with Crippen LogP contribution in [-0.2, 0) is 15.3 Å². The molecule has 1 fully saturated rings. The minimum Gasteiger partial charge on any atom is -0.340 e. The van der Waals surface area contributed by atoms with E-state index in [2.05, 4.69) is 12.6 Å². The number of nitro groups is 1. The fourth-order valence-electron chi connectivity index (χ4n) is 3.06. The van der Waals surface area contributed by atoms with Crippen molar-refractivity contribution in [2.24, 2.45) is 0 Å². The molecule has 1 aliphatic carbocycles. The van der Waals surface area contributed by atoms with Crippen molar-refractivity contribution in [1.29, 1.82) is 0 Å². The first kappa shape index (κ1) is 12.8. The minimum absolute atomic E-state index is 0.0335. The second-order valence-corrected chi connectivity index (χ2v) is 5.55. The maximum Gasteiger partial charge on any atom is 0.269 e. The summed E-state index contributed by atoms with van der Waals surface area (Å²) < 4.78 is 11.7. The van der Waals surface area contributed by atoms with Gasteiger partial charge in [0.2, 0.25) is 5.79 Å². The van der Waals surface area contributed by atoms with E-state index in [1.165, 1.54) is 6.07 Å². The fourth-order valence-corrected chi connectivity index (χ4v) is 3.26. The summed E-state index contributed by atoms with van der Waals surface area (Å²) >= 11 is 4.37. The van der Waals surface area contributed by atoms with Gasteiger partial charge < -0.3 is 9.47 Å². The predicted octanol–water partition coefficient (Wildman–Crippen LogP) is 3.11. The highest BCUT2D eigenvalue weighted by atomic mass is 32.1. The third kappa shape index (κ3) is 1.67. The lowest BCUT2D eigenvalue weighted by atomic mass is 10.0. The zero-order valence-electron chi connectivity index (χ0n) is 10.9. The zero-order chi connectivity index (χ0) is 14.6. The van der Waals surface area contributed by atoms with Gasteiger partial charge in [-0.15, -0.1) is 12.6 Å². The van der Waals surface area contributed by atoms with Crippen LogP contribution in [0.5, 0.6) is 0 Å². The monoisotopic (exact) mass is 301 g/mol. The average molecular weight is 301 g/mol. The van der Waals surface area contributed by atoms with Crippen LogP contribution >= 0.6 is 12.6 Å². The summed E-state index contributed by atoms with van der Waals surface area (Å²) in [5, 5.41) is 11.0. The van der Waals surface area contributed by atoms with Gasteiger partial charge in [0.1, 0.15) is 0 Å². The van der Waals surface area contributed by atoms with Gasteiger partial charge in [-0.25, -0.2) is 0 Å². The van der Waals surface area contributed by atoms with Crippen LogP contribution < -0.4 is 0 Å². The van der Waals surface area contributed by atoms with E-state index in [0.717, 1.165) is 21.6 Å². The summed E-state index contributed by atoms with van der Waals surface area (Å²) in [6.07, 6.45) is 0. The van der Waals surface area contributed by atoms with Crippen molar-refractivity contribution >= 4 is 18.3 Å². The van der Waals surface area contributed by atoms with Crippen LogP contribution in [0.3, 0.4) is 0 Å². The molecule has 0 unspecified atom stereocenters. The largest absolute Gasteiger partial charge is 0.340 e. The van der Waals surface area contributed by atoms with Gasteiger partial charge in [0, 0.05) is 28.2 Å². The van der Waals surface area contributed by atoms with Crippen molar-refractivity contribution in [2.75, 3.05) is 13.2 Å². The summed E-state index contributed by atoms with van der Waals surface area (Å²) in [5.74, 6) is -1.03.